The monoisotopic (exact) mass is 476 g/mol. The highest BCUT2D eigenvalue weighted by atomic mass is 16.3. The van der Waals surface area contributed by atoms with Gasteiger partial charge in [-0.15, -0.1) is 0 Å². The summed E-state index contributed by atoms with van der Waals surface area (Å²) in [5, 5.41) is 22.2. The quantitative estimate of drug-likeness (QED) is 0.607. The van der Waals surface area contributed by atoms with Gasteiger partial charge in [0.2, 0.25) is 0 Å². The number of carbonyl (C=O) groups excluding carboxylic acids is 2. The predicted molar refractivity (Wildman–Crippen MR) is 133 cm³/mol. The molecule has 9 nitrogen and oxygen atoms in total. The number of aliphatic hydroxyl groups excluding tert-OH is 1. The number of anilines is 1. The maximum atomic E-state index is 12.9. The Balaban J connectivity index is 1.76. The number of likely N-dealkylation sites (N-methyl/N-ethyl adjacent to an activating group) is 2. The number of nitrogens with zero attached hydrogens (tertiary/aromatic N) is 4. The average molecular weight is 477 g/mol. The van der Waals surface area contributed by atoms with Crippen molar-refractivity contribution in [1.82, 2.24) is 19.8 Å². The van der Waals surface area contributed by atoms with Crippen LogP contribution >= 0.6 is 0 Å². The highest BCUT2D eigenvalue weighted by Gasteiger charge is 2.31. The first kappa shape index (κ1) is 24.5. The lowest BCUT2D eigenvalue weighted by Crippen LogP contribution is -2.49. The molecule has 0 saturated carbocycles. The van der Waals surface area contributed by atoms with E-state index in [0.29, 0.717) is 24.3 Å². The molecule has 184 valence electrons. The van der Waals surface area contributed by atoms with Gasteiger partial charge in [-0.2, -0.15) is 5.26 Å². The van der Waals surface area contributed by atoms with E-state index >= 15 is 0 Å². The van der Waals surface area contributed by atoms with Crippen LogP contribution in [0.5, 0.6) is 0 Å². The first-order valence-corrected chi connectivity index (χ1v) is 11.8. The summed E-state index contributed by atoms with van der Waals surface area (Å²) >= 11 is 0. The van der Waals surface area contributed by atoms with Gasteiger partial charge in [-0.25, -0.2) is 9.78 Å². The fourth-order valence-corrected chi connectivity index (χ4v) is 4.91. The van der Waals surface area contributed by atoms with E-state index in [9.17, 15) is 14.7 Å². The summed E-state index contributed by atoms with van der Waals surface area (Å²) in [6, 6.07) is 5.81. The van der Waals surface area contributed by atoms with Crippen molar-refractivity contribution < 1.29 is 14.7 Å². The third kappa shape index (κ3) is 5.08. The Morgan fingerprint density at radius 1 is 1.31 bits per heavy atom. The smallest absolute Gasteiger partial charge is 0.319 e. The van der Waals surface area contributed by atoms with Crippen molar-refractivity contribution in [1.29, 1.82) is 5.26 Å². The van der Waals surface area contributed by atoms with Gasteiger partial charge in [-0.1, -0.05) is 19.9 Å². The van der Waals surface area contributed by atoms with Crippen LogP contribution in [-0.4, -0.2) is 64.0 Å². The molecule has 35 heavy (non-hydrogen) atoms. The number of H-pyrrole nitrogens is 1. The molecule has 0 spiro atoms. The maximum Gasteiger partial charge on any atom is 0.319 e. The minimum Gasteiger partial charge on any atom is -0.392 e. The van der Waals surface area contributed by atoms with Gasteiger partial charge in [-0.05, 0) is 53.5 Å². The fourth-order valence-electron chi connectivity index (χ4n) is 4.91. The third-order valence-electron chi connectivity index (χ3n) is 7.01. The zero-order valence-corrected chi connectivity index (χ0v) is 20.7. The minimum absolute atomic E-state index is 0.0247. The zero-order valence-electron chi connectivity index (χ0n) is 20.7. The van der Waals surface area contributed by atoms with Crippen molar-refractivity contribution in [2.24, 2.45) is 5.41 Å². The molecular weight excluding hydrogens is 444 g/mol. The number of hydrogen-bond donors (Lipinski definition) is 3. The van der Waals surface area contributed by atoms with Gasteiger partial charge < -0.3 is 25.2 Å². The Bertz CT molecular complexity index is 1210. The normalized spacial score (nSPS) is 18.3. The summed E-state index contributed by atoms with van der Waals surface area (Å²) in [6.07, 6.45) is 6.38. The molecular formula is C26H32N6O3. The lowest BCUT2D eigenvalue weighted by atomic mass is 9.76. The first-order valence-electron chi connectivity index (χ1n) is 11.8. The van der Waals surface area contributed by atoms with Gasteiger partial charge in [0.1, 0.15) is 11.8 Å². The molecule has 1 fully saturated rings. The number of urea groups is 1. The number of aliphatic hydroxyl groups is 1. The van der Waals surface area contributed by atoms with Crippen LogP contribution in [0.2, 0.25) is 0 Å². The summed E-state index contributed by atoms with van der Waals surface area (Å²) in [7, 11) is 3.56. The molecule has 1 aromatic heterocycles. The van der Waals surface area contributed by atoms with E-state index in [1.165, 1.54) is 6.20 Å². The lowest BCUT2D eigenvalue weighted by molar-refractivity contribution is 0.101. The van der Waals surface area contributed by atoms with Gasteiger partial charge in [0, 0.05) is 44.4 Å². The largest absolute Gasteiger partial charge is 0.392 e. The Morgan fingerprint density at radius 3 is 2.60 bits per heavy atom. The number of nitriles is 1. The Hall–Kier alpha value is -3.64. The molecule has 1 aliphatic heterocycles. The van der Waals surface area contributed by atoms with Crippen molar-refractivity contribution in [3.8, 4) is 6.07 Å². The number of nitrogens with one attached hydrogen (secondary N) is 2. The van der Waals surface area contributed by atoms with E-state index in [1.807, 2.05) is 12.1 Å². The molecule has 3 amide bonds. The van der Waals surface area contributed by atoms with E-state index in [4.69, 9.17) is 5.26 Å². The van der Waals surface area contributed by atoms with E-state index < -0.39 is 5.91 Å². The topological polar surface area (TPSA) is 125 Å². The molecule has 0 atom stereocenters. The number of allylic oxidation sites excluding steroid dienone is 2. The molecule has 1 aliphatic carbocycles. The van der Waals surface area contributed by atoms with Crippen LogP contribution in [0.1, 0.15) is 72.0 Å². The Labute approximate surface area is 205 Å². The van der Waals surface area contributed by atoms with Crippen molar-refractivity contribution >= 4 is 23.2 Å². The van der Waals surface area contributed by atoms with Crippen LogP contribution in [-0.2, 0) is 6.61 Å². The second kappa shape index (κ2) is 9.55. The van der Waals surface area contributed by atoms with Crippen LogP contribution in [0.3, 0.4) is 0 Å². The molecule has 2 aliphatic rings. The fraction of sp³-hybridized carbons (Fsp3) is 0.462. The number of carbonyl (C=O) groups is 2. The van der Waals surface area contributed by atoms with Gasteiger partial charge in [-0.3, -0.25) is 4.79 Å². The number of amides is 3. The maximum absolute atomic E-state index is 12.9. The summed E-state index contributed by atoms with van der Waals surface area (Å²) in [4.78, 5) is 35.3. The molecule has 1 saturated heterocycles. The van der Waals surface area contributed by atoms with Crippen molar-refractivity contribution in [3.05, 3.63) is 52.6 Å². The van der Waals surface area contributed by atoms with Crippen LogP contribution in [0.4, 0.5) is 10.5 Å². The summed E-state index contributed by atoms with van der Waals surface area (Å²) in [6.45, 7) is 5.41. The van der Waals surface area contributed by atoms with Crippen molar-refractivity contribution in [2.45, 2.75) is 45.6 Å². The predicted octanol–water partition coefficient (Wildman–Crippen LogP) is 3.70. The van der Waals surface area contributed by atoms with Gasteiger partial charge in [0.15, 0.2) is 5.82 Å². The summed E-state index contributed by atoms with van der Waals surface area (Å²) < 4.78 is 0. The molecule has 0 radical (unpaired) electrons. The Kier molecular flexibility index (Phi) is 6.68. The summed E-state index contributed by atoms with van der Waals surface area (Å²) in [5.41, 5.74) is 4.77. The molecule has 3 N–H and O–H groups in total. The first-order chi connectivity index (χ1) is 16.6. The van der Waals surface area contributed by atoms with Crippen LogP contribution in [0, 0.1) is 16.7 Å². The molecule has 2 aromatic rings. The number of rotatable bonds is 5. The standard InChI is InChI=1S/C26H32N6O3/c1-26(2)7-5-16(6-8-26)21-10-20(18-13-31(3)25(35)32(4)14-18)17(15-33)9-22(21)30-24(34)23-28-12-19(11-27)29-23/h5,9-10,12,18,33H,6-8,13-15H2,1-4H3,(H,28,29)(H,30,34). The van der Waals surface area contributed by atoms with Crippen molar-refractivity contribution in [2.75, 3.05) is 32.5 Å². The zero-order chi connectivity index (χ0) is 25.3. The average Bonchev–Trinajstić information content (AvgIpc) is 3.32. The van der Waals surface area contributed by atoms with Gasteiger partial charge in [0.25, 0.3) is 5.91 Å². The molecule has 2 heterocycles. The van der Waals surface area contributed by atoms with E-state index in [-0.39, 0.29) is 35.5 Å². The number of imidazole rings is 1. The van der Waals surface area contributed by atoms with Crippen LogP contribution < -0.4 is 5.32 Å². The van der Waals surface area contributed by atoms with E-state index in [2.05, 4.69) is 41.3 Å². The summed E-state index contributed by atoms with van der Waals surface area (Å²) in [5.74, 6) is -0.379. The van der Waals surface area contributed by atoms with Crippen molar-refractivity contribution in [3.63, 3.8) is 0 Å². The third-order valence-corrected chi connectivity index (χ3v) is 7.01. The second-order valence-corrected chi connectivity index (χ2v) is 10.3. The van der Waals surface area contributed by atoms with Gasteiger partial charge >= 0.3 is 6.03 Å². The molecule has 0 unspecified atom stereocenters. The highest BCUT2D eigenvalue weighted by molar-refractivity contribution is 6.03. The van der Waals surface area contributed by atoms with E-state index in [1.54, 1.807) is 23.9 Å². The van der Waals surface area contributed by atoms with Crippen LogP contribution in [0.15, 0.2) is 24.4 Å². The number of benzene rings is 1. The highest BCUT2D eigenvalue weighted by Crippen LogP contribution is 2.42. The van der Waals surface area contributed by atoms with Gasteiger partial charge in [0.05, 0.1) is 12.8 Å². The Morgan fingerprint density at radius 2 is 2.03 bits per heavy atom. The van der Waals surface area contributed by atoms with E-state index in [0.717, 1.165) is 36.0 Å². The SMILES string of the molecule is CN1CC(c2cc(C3=CCC(C)(C)CC3)c(NC(=O)c3ncc(C#N)[nH]3)cc2CO)CN(C)C1=O. The molecule has 9 heteroatoms. The second-order valence-electron chi connectivity index (χ2n) is 10.3. The molecule has 4 rings (SSSR count). The number of aromatic amines is 1. The minimum atomic E-state index is -0.455. The van der Waals surface area contributed by atoms with Crippen LogP contribution in [0.25, 0.3) is 5.57 Å². The molecule has 1 aromatic carbocycles. The number of aromatic nitrogens is 2. The lowest BCUT2D eigenvalue weighted by Gasteiger charge is -2.37. The number of hydrogen-bond acceptors (Lipinski definition) is 5. The molecule has 0 bridgehead atoms.